The Morgan fingerprint density at radius 2 is 1.85 bits per heavy atom. The Bertz CT molecular complexity index is 1340. The van der Waals surface area contributed by atoms with Crippen molar-refractivity contribution in [3.8, 4) is 10.4 Å². The van der Waals surface area contributed by atoms with Crippen LogP contribution in [0.5, 0.6) is 0 Å². The minimum absolute atomic E-state index is 0.139. The number of nitrogens with zero attached hydrogens (tertiary/aromatic N) is 3. The van der Waals surface area contributed by atoms with Crippen LogP contribution in [0.2, 0.25) is 0 Å². The molecule has 0 spiro atoms. The minimum atomic E-state index is -4.99. The molecule has 41 heavy (non-hydrogen) atoms. The molecule has 2 aromatic heterocycles. The molecule has 0 bridgehead atoms. The number of anilines is 1. The predicted octanol–water partition coefficient (Wildman–Crippen LogP) is 5.62. The summed E-state index contributed by atoms with van der Waals surface area (Å²) in [5.41, 5.74) is -5.10. The van der Waals surface area contributed by atoms with Gasteiger partial charge in [0, 0.05) is 37.1 Å². The summed E-state index contributed by atoms with van der Waals surface area (Å²) in [6, 6.07) is 0.592. The molecule has 1 aliphatic carbocycles. The molecule has 15 heteroatoms. The number of nitrogens with one attached hydrogen (secondary N) is 2. The Balaban J connectivity index is 1.74. The normalized spacial score (nSPS) is 17.4. The van der Waals surface area contributed by atoms with Crippen LogP contribution in [0.15, 0.2) is 24.5 Å². The summed E-state index contributed by atoms with van der Waals surface area (Å²) in [6.07, 6.45) is -7.52. The quantitative estimate of drug-likeness (QED) is 0.338. The number of thiazole rings is 1. The molecule has 3 heterocycles. The van der Waals surface area contributed by atoms with Gasteiger partial charge in [0.15, 0.2) is 5.01 Å². The van der Waals surface area contributed by atoms with Crippen LogP contribution in [0.1, 0.15) is 71.8 Å². The highest BCUT2D eigenvalue weighted by Gasteiger charge is 2.58. The van der Waals surface area contributed by atoms with Crippen LogP contribution in [0.3, 0.4) is 0 Å². The monoisotopic (exact) mass is 605 g/mol. The van der Waals surface area contributed by atoms with E-state index < -0.39 is 64.4 Å². The number of rotatable bonds is 8. The van der Waals surface area contributed by atoms with Crippen LogP contribution in [-0.4, -0.2) is 63.2 Å². The second kappa shape index (κ2) is 10.9. The molecular weight excluding hydrogens is 576 g/mol. The number of amides is 2. The first-order chi connectivity index (χ1) is 18.9. The highest BCUT2D eigenvalue weighted by molar-refractivity contribution is 7.17. The Morgan fingerprint density at radius 3 is 2.37 bits per heavy atom. The molecule has 0 unspecified atom stereocenters. The lowest BCUT2D eigenvalue weighted by molar-refractivity contribution is -0.244. The van der Waals surface area contributed by atoms with Crippen LogP contribution in [0, 0.1) is 5.41 Å². The first kappa shape index (κ1) is 30.8. The van der Waals surface area contributed by atoms with Crippen molar-refractivity contribution in [1.82, 2.24) is 20.2 Å². The van der Waals surface area contributed by atoms with Gasteiger partial charge in [-0.3, -0.25) is 9.59 Å². The van der Waals surface area contributed by atoms with Gasteiger partial charge in [-0.05, 0) is 45.6 Å². The van der Waals surface area contributed by atoms with Gasteiger partial charge in [0.05, 0.1) is 21.5 Å². The van der Waals surface area contributed by atoms with Gasteiger partial charge in [-0.1, -0.05) is 13.0 Å². The zero-order valence-electron chi connectivity index (χ0n) is 22.3. The number of hydrogen-bond donors (Lipinski definition) is 3. The highest BCUT2D eigenvalue weighted by Crippen LogP contribution is 2.53. The van der Waals surface area contributed by atoms with E-state index in [1.807, 2.05) is 0 Å². The van der Waals surface area contributed by atoms with E-state index in [9.17, 15) is 41.0 Å². The van der Waals surface area contributed by atoms with Crippen molar-refractivity contribution in [2.75, 3.05) is 25.0 Å². The lowest BCUT2D eigenvalue weighted by Gasteiger charge is -2.43. The van der Waals surface area contributed by atoms with Gasteiger partial charge in [0.1, 0.15) is 11.5 Å². The van der Waals surface area contributed by atoms with Crippen molar-refractivity contribution in [1.29, 1.82) is 0 Å². The number of halogens is 6. The Hall–Kier alpha value is -3.20. The Morgan fingerprint density at radius 1 is 1.17 bits per heavy atom. The molecule has 0 aromatic carbocycles. The molecule has 8 nitrogen and oxygen atoms in total. The highest BCUT2D eigenvalue weighted by atomic mass is 32.1. The number of allylic oxidation sites excluding steroid dienone is 1. The molecule has 0 atom stereocenters. The van der Waals surface area contributed by atoms with Gasteiger partial charge in [-0.15, -0.1) is 11.3 Å². The smallest absolute Gasteiger partial charge is 0.389 e. The van der Waals surface area contributed by atoms with Crippen LogP contribution in [0.25, 0.3) is 10.4 Å². The number of aliphatic hydroxyl groups is 1. The second-order valence-corrected chi connectivity index (χ2v) is 11.9. The Labute approximate surface area is 235 Å². The van der Waals surface area contributed by atoms with Gasteiger partial charge in [-0.2, -0.15) is 26.3 Å². The van der Waals surface area contributed by atoms with Crippen molar-refractivity contribution in [3.63, 3.8) is 0 Å². The average molecular weight is 606 g/mol. The molecule has 1 saturated heterocycles. The molecule has 2 fully saturated rings. The molecule has 2 aromatic rings. The summed E-state index contributed by atoms with van der Waals surface area (Å²) >= 11 is 0.538. The fourth-order valence-corrected chi connectivity index (χ4v) is 5.61. The minimum Gasteiger partial charge on any atom is -0.389 e. The van der Waals surface area contributed by atoms with Crippen molar-refractivity contribution in [2.45, 2.75) is 63.9 Å². The molecule has 1 saturated carbocycles. The number of likely N-dealkylation sites (tertiary alicyclic amines) is 1. The first-order valence-electron chi connectivity index (χ1n) is 12.8. The SMILES string of the molecule is C=C1CCCN1C(=O)c1nc(C(=O)NCC(C)(C)O)sc1-c1cnc(NCC2(C(F)(F)F)CCC2)cc1C(F)(F)F. The van der Waals surface area contributed by atoms with Crippen LogP contribution in [0.4, 0.5) is 32.2 Å². The summed E-state index contributed by atoms with van der Waals surface area (Å²) in [7, 11) is 0. The van der Waals surface area contributed by atoms with Crippen molar-refractivity contribution in [3.05, 3.63) is 40.8 Å². The van der Waals surface area contributed by atoms with E-state index in [2.05, 4.69) is 27.2 Å². The maximum Gasteiger partial charge on any atom is 0.417 e. The maximum atomic E-state index is 14.3. The van der Waals surface area contributed by atoms with E-state index in [4.69, 9.17) is 0 Å². The lowest BCUT2D eigenvalue weighted by Crippen LogP contribution is -2.48. The van der Waals surface area contributed by atoms with Crippen molar-refractivity contribution >= 4 is 29.0 Å². The topological polar surface area (TPSA) is 107 Å². The standard InChI is InChI=1S/C26H29F6N5O3S/c1-14-6-4-9-37(14)22(39)18-19(41-21(36-18)20(38)35-12-23(2,3)40)15-11-33-17(10-16(15)25(27,28)29)34-13-24(7-5-8-24)26(30,31)32/h10-11,40H,1,4-9,12-13H2,2-3H3,(H,33,34)(H,35,38). The van der Waals surface area contributed by atoms with E-state index in [0.717, 1.165) is 6.20 Å². The van der Waals surface area contributed by atoms with Gasteiger partial charge < -0.3 is 20.6 Å². The number of pyridine rings is 1. The summed E-state index contributed by atoms with van der Waals surface area (Å²) in [5, 5.41) is 14.4. The van der Waals surface area contributed by atoms with Gasteiger partial charge in [0.2, 0.25) is 0 Å². The maximum absolute atomic E-state index is 14.3. The molecule has 1 aliphatic heterocycles. The van der Waals surface area contributed by atoms with Gasteiger partial charge in [0.25, 0.3) is 11.8 Å². The van der Waals surface area contributed by atoms with Gasteiger partial charge >= 0.3 is 12.4 Å². The number of carbonyl (C=O) groups excluding carboxylic acids is 2. The van der Waals surface area contributed by atoms with E-state index in [1.165, 1.54) is 18.7 Å². The fraction of sp³-hybridized carbons (Fsp3) is 0.538. The summed E-state index contributed by atoms with van der Waals surface area (Å²) in [6.45, 7) is 6.13. The Kier molecular flexibility index (Phi) is 8.17. The zero-order valence-corrected chi connectivity index (χ0v) is 23.1. The third kappa shape index (κ3) is 6.50. The van der Waals surface area contributed by atoms with E-state index in [0.29, 0.717) is 42.4 Å². The summed E-state index contributed by atoms with van der Waals surface area (Å²) in [4.78, 5) is 35.2. The number of carbonyl (C=O) groups is 2. The lowest BCUT2D eigenvalue weighted by atomic mass is 9.68. The molecule has 3 N–H and O–H groups in total. The molecular formula is C26H29F6N5O3S. The van der Waals surface area contributed by atoms with E-state index >= 15 is 0 Å². The van der Waals surface area contributed by atoms with E-state index in [1.54, 1.807) is 0 Å². The van der Waals surface area contributed by atoms with Crippen molar-refractivity contribution < 1.29 is 41.0 Å². The largest absolute Gasteiger partial charge is 0.417 e. The summed E-state index contributed by atoms with van der Waals surface area (Å²) in [5.74, 6) is -1.96. The predicted molar refractivity (Wildman–Crippen MR) is 139 cm³/mol. The average Bonchev–Trinajstić information content (AvgIpc) is 3.46. The van der Waals surface area contributed by atoms with Crippen LogP contribution in [-0.2, 0) is 6.18 Å². The third-order valence-electron chi connectivity index (χ3n) is 7.15. The van der Waals surface area contributed by atoms with Crippen LogP contribution >= 0.6 is 11.3 Å². The molecule has 2 amide bonds. The van der Waals surface area contributed by atoms with Crippen molar-refractivity contribution in [2.24, 2.45) is 5.41 Å². The summed E-state index contributed by atoms with van der Waals surface area (Å²) < 4.78 is 83.5. The molecule has 0 radical (unpaired) electrons. The molecule has 4 rings (SSSR count). The fourth-order valence-electron chi connectivity index (χ4n) is 4.62. The number of alkyl halides is 6. The third-order valence-corrected chi connectivity index (χ3v) is 8.24. The van der Waals surface area contributed by atoms with Gasteiger partial charge in [-0.25, -0.2) is 9.97 Å². The van der Waals surface area contributed by atoms with Crippen LogP contribution < -0.4 is 10.6 Å². The number of hydrogen-bond acceptors (Lipinski definition) is 7. The first-order valence-corrected chi connectivity index (χ1v) is 13.6. The molecule has 224 valence electrons. The zero-order chi connectivity index (χ0) is 30.4. The van der Waals surface area contributed by atoms with E-state index in [-0.39, 0.29) is 35.8 Å². The molecule has 2 aliphatic rings. The number of aromatic nitrogens is 2. The second-order valence-electron chi connectivity index (χ2n) is 10.9.